The Morgan fingerprint density at radius 1 is 1.32 bits per heavy atom. The first-order valence-corrected chi connectivity index (χ1v) is 9.47. The number of methoxy groups -OCH3 is 1. The molecule has 0 aliphatic rings. The average Bonchev–Trinajstić information content (AvgIpc) is 3.08. The SMILES string of the molecule is COc1ccn2ncc(/C=N\N(C)S(=O)(=O)c3cc([N+](=O)[O-])ccc3C)c2c1. The van der Waals surface area contributed by atoms with Crippen LogP contribution in [0.5, 0.6) is 5.75 Å². The number of hydrazone groups is 1. The number of rotatable bonds is 6. The van der Waals surface area contributed by atoms with Crippen LogP contribution in [0.3, 0.4) is 0 Å². The van der Waals surface area contributed by atoms with Gasteiger partial charge in [-0.15, -0.1) is 0 Å². The number of non-ortho nitro benzene ring substituents is 1. The van der Waals surface area contributed by atoms with Crippen LogP contribution in [-0.2, 0) is 10.0 Å². The Kier molecular flexibility index (Phi) is 5.01. The monoisotopic (exact) mass is 403 g/mol. The third-order valence-corrected chi connectivity index (χ3v) is 5.91. The number of nitro benzene ring substituents is 1. The second kappa shape index (κ2) is 7.27. The number of fused-ring (bicyclic) bond motifs is 1. The van der Waals surface area contributed by atoms with Crippen LogP contribution in [-0.4, -0.2) is 47.7 Å². The number of hydrogen-bond donors (Lipinski definition) is 0. The zero-order valence-electron chi connectivity index (χ0n) is 15.3. The Balaban J connectivity index is 1.95. The van der Waals surface area contributed by atoms with E-state index in [1.165, 1.54) is 38.7 Å². The minimum Gasteiger partial charge on any atom is -0.497 e. The molecule has 0 bridgehead atoms. The molecule has 0 saturated carbocycles. The summed E-state index contributed by atoms with van der Waals surface area (Å²) in [4.78, 5) is 10.1. The largest absolute Gasteiger partial charge is 0.497 e. The molecule has 0 unspecified atom stereocenters. The third-order valence-electron chi connectivity index (χ3n) is 4.13. The quantitative estimate of drug-likeness (QED) is 0.354. The van der Waals surface area contributed by atoms with Gasteiger partial charge in [0.1, 0.15) is 5.75 Å². The molecule has 0 amide bonds. The predicted molar refractivity (Wildman–Crippen MR) is 102 cm³/mol. The molecule has 11 heteroatoms. The first-order valence-electron chi connectivity index (χ1n) is 8.03. The standard InChI is InChI=1S/C17H17N5O5S/c1-12-4-5-14(22(23)24)8-17(12)28(25,26)20(2)18-10-13-11-19-21-7-6-15(27-3)9-16(13)21/h4-11H,1-3H3/b18-10-. The van der Waals surface area contributed by atoms with Crippen molar-refractivity contribution in [2.45, 2.75) is 11.8 Å². The Morgan fingerprint density at radius 2 is 2.07 bits per heavy atom. The van der Waals surface area contributed by atoms with E-state index in [0.717, 1.165) is 10.5 Å². The summed E-state index contributed by atoms with van der Waals surface area (Å²) in [5.41, 5.74) is 1.33. The Labute approximate surface area is 160 Å². The highest BCUT2D eigenvalue weighted by molar-refractivity contribution is 7.89. The molecule has 0 N–H and O–H groups in total. The smallest absolute Gasteiger partial charge is 0.279 e. The highest BCUT2D eigenvalue weighted by Gasteiger charge is 2.24. The van der Waals surface area contributed by atoms with Gasteiger partial charge in [0.15, 0.2) is 0 Å². The second-order valence-corrected chi connectivity index (χ2v) is 7.81. The van der Waals surface area contributed by atoms with Crippen molar-refractivity contribution >= 4 is 27.4 Å². The van der Waals surface area contributed by atoms with Crippen molar-refractivity contribution in [3.05, 3.63) is 64.0 Å². The van der Waals surface area contributed by atoms with Gasteiger partial charge in [-0.25, -0.2) is 4.52 Å². The van der Waals surface area contributed by atoms with E-state index in [1.807, 2.05) is 0 Å². The van der Waals surface area contributed by atoms with Crippen LogP contribution in [0.25, 0.3) is 5.52 Å². The van der Waals surface area contributed by atoms with E-state index >= 15 is 0 Å². The third kappa shape index (κ3) is 3.51. The first-order chi connectivity index (χ1) is 13.2. The number of nitro groups is 1. The van der Waals surface area contributed by atoms with Gasteiger partial charge in [-0.05, 0) is 18.6 Å². The summed E-state index contributed by atoms with van der Waals surface area (Å²) in [5, 5.41) is 19.1. The van der Waals surface area contributed by atoms with Crippen LogP contribution >= 0.6 is 0 Å². The van der Waals surface area contributed by atoms with E-state index in [-0.39, 0.29) is 10.6 Å². The summed E-state index contributed by atoms with van der Waals surface area (Å²) < 4.78 is 33.1. The van der Waals surface area contributed by atoms with E-state index in [4.69, 9.17) is 4.74 Å². The number of hydrogen-bond acceptors (Lipinski definition) is 7. The van der Waals surface area contributed by atoms with E-state index in [1.54, 1.807) is 29.8 Å². The molecule has 146 valence electrons. The molecule has 0 radical (unpaired) electrons. The summed E-state index contributed by atoms with van der Waals surface area (Å²) >= 11 is 0. The number of aryl methyl sites for hydroxylation is 1. The molecule has 2 aromatic heterocycles. The normalized spacial score (nSPS) is 11.8. The lowest BCUT2D eigenvalue weighted by Crippen LogP contribution is -2.22. The van der Waals surface area contributed by atoms with Crippen molar-refractivity contribution in [3.8, 4) is 5.75 Å². The molecule has 0 aliphatic carbocycles. The molecule has 28 heavy (non-hydrogen) atoms. The fourth-order valence-electron chi connectivity index (χ4n) is 2.53. The average molecular weight is 403 g/mol. The lowest BCUT2D eigenvalue weighted by Gasteiger charge is -2.15. The molecule has 0 fully saturated rings. The Hall–Kier alpha value is -3.47. The molecular weight excluding hydrogens is 386 g/mol. The van der Waals surface area contributed by atoms with Crippen LogP contribution in [0, 0.1) is 17.0 Å². The predicted octanol–water partition coefficient (Wildman–Crippen LogP) is 2.21. The fourth-order valence-corrected chi connectivity index (χ4v) is 3.74. The topological polar surface area (TPSA) is 119 Å². The maximum absolute atomic E-state index is 12.8. The highest BCUT2D eigenvalue weighted by atomic mass is 32.2. The van der Waals surface area contributed by atoms with Crippen molar-refractivity contribution in [1.82, 2.24) is 14.0 Å². The molecule has 10 nitrogen and oxygen atoms in total. The van der Waals surface area contributed by atoms with Crippen molar-refractivity contribution in [2.75, 3.05) is 14.2 Å². The van der Waals surface area contributed by atoms with Gasteiger partial charge in [-0.3, -0.25) is 10.1 Å². The maximum atomic E-state index is 12.8. The van der Waals surface area contributed by atoms with Gasteiger partial charge in [0.25, 0.3) is 15.7 Å². The maximum Gasteiger partial charge on any atom is 0.279 e. The van der Waals surface area contributed by atoms with Crippen molar-refractivity contribution in [2.24, 2.45) is 5.10 Å². The molecule has 0 saturated heterocycles. The van der Waals surface area contributed by atoms with Crippen LogP contribution < -0.4 is 4.74 Å². The number of sulfonamides is 1. The number of benzene rings is 1. The second-order valence-electron chi connectivity index (χ2n) is 5.89. The molecule has 3 aromatic rings. The molecule has 1 aromatic carbocycles. The lowest BCUT2D eigenvalue weighted by molar-refractivity contribution is -0.385. The lowest BCUT2D eigenvalue weighted by atomic mass is 10.2. The number of aromatic nitrogens is 2. The number of ether oxygens (including phenoxy) is 1. The summed E-state index contributed by atoms with van der Waals surface area (Å²) in [6, 6.07) is 7.15. The minimum atomic E-state index is -4.07. The summed E-state index contributed by atoms with van der Waals surface area (Å²) in [6.45, 7) is 1.56. The molecule has 0 aliphatic heterocycles. The molecule has 2 heterocycles. The summed E-state index contributed by atoms with van der Waals surface area (Å²) in [6.07, 6.45) is 4.60. The minimum absolute atomic E-state index is 0.178. The van der Waals surface area contributed by atoms with E-state index < -0.39 is 14.9 Å². The highest BCUT2D eigenvalue weighted by Crippen LogP contribution is 2.24. The fraction of sp³-hybridized carbons (Fsp3) is 0.176. The van der Waals surface area contributed by atoms with Gasteiger partial charge in [0.2, 0.25) is 0 Å². The first kappa shape index (κ1) is 19.3. The number of nitrogens with zero attached hydrogens (tertiary/aromatic N) is 5. The van der Waals surface area contributed by atoms with Crippen molar-refractivity contribution in [1.29, 1.82) is 0 Å². The molecule has 3 rings (SSSR count). The van der Waals surface area contributed by atoms with Gasteiger partial charge in [0, 0.05) is 37.0 Å². The van der Waals surface area contributed by atoms with Crippen LogP contribution in [0.2, 0.25) is 0 Å². The molecular formula is C17H17N5O5S. The number of pyridine rings is 1. The van der Waals surface area contributed by atoms with Crippen LogP contribution in [0.15, 0.2) is 52.7 Å². The van der Waals surface area contributed by atoms with Gasteiger partial charge >= 0.3 is 0 Å². The Morgan fingerprint density at radius 3 is 2.75 bits per heavy atom. The van der Waals surface area contributed by atoms with Gasteiger partial charge in [0.05, 0.1) is 34.9 Å². The van der Waals surface area contributed by atoms with Gasteiger partial charge in [-0.2, -0.15) is 23.0 Å². The van der Waals surface area contributed by atoms with Gasteiger partial charge < -0.3 is 4.74 Å². The van der Waals surface area contributed by atoms with Crippen molar-refractivity contribution in [3.63, 3.8) is 0 Å². The van der Waals surface area contributed by atoms with E-state index in [9.17, 15) is 18.5 Å². The molecule has 0 atom stereocenters. The van der Waals surface area contributed by atoms with E-state index in [2.05, 4.69) is 10.2 Å². The van der Waals surface area contributed by atoms with Crippen LogP contribution in [0.4, 0.5) is 5.69 Å². The van der Waals surface area contributed by atoms with Crippen molar-refractivity contribution < 1.29 is 18.1 Å². The van der Waals surface area contributed by atoms with Crippen LogP contribution in [0.1, 0.15) is 11.1 Å². The van der Waals surface area contributed by atoms with Gasteiger partial charge in [-0.1, -0.05) is 6.07 Å². The zero-order valence-corrected chi connectivity index (χ0v) is 16.1. The Bertz CT molecular complexity index is 1190. The van der Waals surface area contributed by atoms with E-state index in [0.29, 0.717) is 22.4 Å². The summed E-state index contributed by atoms with van der Waals surface area (Å²) in [7, 11) is -1.27. The molecule has 0 spiro atoms. The summed E-state index contributed by atoms with van der Waals surface area (Å²) in [5.74, 6) is 0.621. The zero-order chi connectivity index (χ0) is 20.5.